The molecular formula is C24H22N4S. The zero-order valence-corrected chi connectivity index (χ0v) is 17.1. The van der Waals surface area contributed by atoms with Crippen LogP contribution in [0, 0.1) is 6.92 Å². The molecule has 0 fully saturated rings. The summed E-state index contributed by atoms with van der Waals surface area (Å²) in [5.74, 6) is 0. The van der Waals surface area contributed by atoms with E-state index in [2.05, 4.69) is 74.9 Å². The van der Waals surface area contributed by atoms with Crippen LogP contribution < -0.4 is 5.32 Å². The van der Waals surface area contributed by atoms with Crippen LogP contribution in [0.1, 0.15) is 16.1 Å². The van der Waals surface area contributed by atoms with Crippen LogP contribution in [0.2, 0.25) is 0 Å². The molecule has 0 bridgehead atoms. The van der Waals surface area contributed by atoms with Gasteiger partial charge >= 0.3 is 0 Å². The van der Waals surface area contributed by atoms with E-state index in [1.54, 1.807) is 11.3 Å². The smallest absolute Gasteiger partial charge is 0.0798 e. The first-order chi connectivity index (χ1) is 14.2. The summed E-state index contributed by atoms with van der Waals surface area (Å²) in [6.45, 7) is 4.78. The number of aryl methyl sites for hydroxylation is 1. The van der Waals surface area contributed by atoms with Crippen LogP contribution in [0.4, 0.5) is 0 Å². The molecule has 2 aliphatic heterocycles. The number of allylic oxidation sites excluding steroid dienone is 3. The van der Waals surface area contributed by atoms with Crippen LogP contribution in [-0.2, 0) is 6.54 Å². The molecule has 4 heterocycles. The Hall–Kier alpha value is -3.18. The minimum absolute atomic E-state index is 0.889. The number of nitrogens with zero attached hydrogens (tertiary/aromatic N) is 3. The van der Waals surface area contributed by atoms with E-state index < -0.39 is 0 Å². The minimum Gasteiger partial charge on any atom is -0.380 e. The van der Waals surface area contributed by atoms with E-state index in [9.17, 15) is 0 Å². The topological polar surface area (TPSA) is 41.0 Å². The third kappa shape index (κ3) is 3.87. The number of nitrogens with one attached hydrogen (secondary N) is 1. The van der Waals surface area contributed by atoms with Crippen LogP contribution in [-0.4, -0.2) is 28.0 Å². The highest BCUT2D eigenvalue weighted by Gasteiger charge is 2.18. The average Bonchev–Trinajstić information content (AvgIpc) is 3.29. The Labute approximate surface area is 175 Å². The standard InChI is InChI=1S/C24H22N4S/c1-17-10-20(6-8-26-17)19-4-2-18(3-5-19)14-28-9-7-21-11-23(24-13-25-16-29-24)27-12-22(21)15-28/h2-11,13,16,27H,12,14-15H2,1H3. The van der Waals surface area contributed by atoms with Gasteiger partial charge in [0.1, 0.15) is 0 Å². The number of pyridine rings is 1. The Kier molecular flexibility index (Phi) is 4.74. The molecule has 0 saturated carbocycles. The molecule has 5 heteroatoms. The minimum atomic E-state index is 0.889. The first-order valence-corrected chi connectivity index (χ1v) is 10.6. The zero-order chi connectivity index (χ0) is 19.6. The summed E-state index contributed by atoms with van der Waals surface area (Å²) < 4.78 is 0. The van der Waals surface area contributed by atoms with Gasteiger partial charge < -0.3 is 10.2 Å². The fourth-order valence-corrected chi connectivity index (χ4v) is 4.40. The highest BCUT2D eigenvalue weighted by molar-refractivity contribution is 7.10. The molecular weight excluding hydrogens is 376 g/mol. The van der Waals surface area contributed by atoms with Crippen molar-refractivity contribution in [2.45, 2.75) is 13.5 Å². The molecule has 5 rings (SSSR count). The highest BCUT2D eigenvalue weighted by atomic mass is 32.1. The van der Waals surface area contributed by atoms with E-state index in [1.807, 2.05) is 24.8 Å². The SMILES string of the molecule is Cc1cc(-c2ccc(CN3C=CC4=C(CNC(c5cncs5)=C4)C3)cc2)ccn1. The van der Waals surface area contributed by atoms with Gasteiger partial charge in [-0.15, -0.1) is 11.3 Å². The summed E-state index contributed by atoms with van der Waals surface area (Å²) in [6, 6.07) is 13.0. The molecule has 4 nitrogen and oxygen atoms in total. The number of rotatable bonds is 4. The van der Waals surface area contributed by atoms with E-state index >= 15 is 0 Å². The van der Waals surface area contributed by atoms with E-state index in [4.69, 9.17) is 0 Å². The summed E-state index contributed by atoms with van der Waals surface area (Å²) >= 11 is 1.67. The molecule has 144 valence electrons. The lowest BCUT2D eigenvalue weighted by molar-refractivity contribution is 0.390. The van der Waals surface area contributed by atoms with Gasteiger partial charge in [-0.3, -0.25) is 9.97 Å². The molecule has 1 aromatic carbocycles. The van der Waals surface area contributed by atoms with Gasteiger partial charge in [-0.1, -0.05) is 24.3 Å². The first kappa shape index (κ1) is 17.9. The normalized spacial score (nSPS) is 15.8. The second kappa shape index (κ2) is 7.68. The van der Waals surface area contributed by atoms with Gasteiger partial charge in [-0.05, 0) is 59.0 Å². The maximum absolute atomic E-state index is 4.28. The lowest BCUT2D eigenvalue weighted by Crippen LogP contribution is -2.30. The van der Waals surface area contributed by atoms with E-state index in [1.165, 1.54) is 38.4 Å². The molecule has 2 aliphatic rings. The second-order valence-corrected chi connectivity index (χ2v) is 8.33. The summed E-state index contributed by atoms with van der Waals surface area (Å²) in [5.41, 5.74) is 10.6. The number of hydrogen-bond acceptors (Lipinski definition) is 5. The van der Waals surface area contributed by atoms with Gasteiger partial charge in [-0.25, -0.2) is 0 Å². The van der Waals surface area contributed by atoms with E-state index in [0.29, 0.717) is 0 Å². The molecule has 0 unspecified atom stereocenters. The van der Waals surface area contributed by atoms with Gasteiger partial charge in [0.2, 0.25) is 0 Å². The predicted molar refractivity (Wildman–Crippen MR) is 119 cm³/mol. The number of benzene rings is 1. The Morgan fingerprint density at radius 1 is 1.14 bits per heavy atom. The predicted octanol–water partition coefficient (Wildman–Crippen LogP) is 4.78. The van der Waals surface area contributed by atoms with Crippen LogP contribution in [0.15, 0.2) is 83.8 Å². The lowest BCUT2D eigenvalue weighted by atomic mass is 9.99. The van der Waals surface area contributed by atoms with Gasteiger partial charge in [0.25, 0.3) is 0 Å². The number of aromatic nitrogens is 2. The number of thiazole rings is 1. The van der Waals surface area contributed by atoms with Gasteiger partial charge in [0.05, 0.1) is 16.1 Å². The molecule has 1 N–H and O–H groups in total. The van der Waals surface area contributed by atoms with Crippen molar-refractivity contribution in [2.24, 2.45) is 0 Å². The number of dihydropyridines is 1. The lowest BCUT2D eigenvalue weighted by Gasteiger charge is -2.30. The summed E-state index contributed by atoms with van der Waals surface area (Å²) in [4.78, 5) is 12.0. The Balaban J connectivity index is 1.27. The molecule has 0 radical (unpaired) electrons. The quantitative estimate of drug-likeness (QED) is 0.686. The Morgan fingerprint density at radius 3 is 2.83 bits per heavy atom. The fraction of sp³-hybridized carbons (Fsp3) is 0.167. The van der Waals surface area contributed by atoms with Crippen molar-refractivity contribution in [1.82, 2.24) is 20.2 Å². The Bertz CT molecular complexity index is 1110. The fourth-order valence-electron chi connectivity index (χ4n) is 3.79. The summed E-state index contributed by atoms with van der Waals surface area (Å²) in [7, 11) is 0. The van der Waals surface area contributed by atoms with Crippen molar-refractivity contribution < 1.29 is 0 Å². The summed E-state index contributed by atoms with van der Waals surface area (Å²) in [6.07, 6.45) is 10.5. The molecule has 0 amide bonds. The first-order valence-electron chi connectivity index (χ1n) is 9.75. The van der Waals surface area contributed by atoms with E-state index in [0.717, 1.165) is 25.3 Å². The molecule has 2 aromatic heterocycles. The van der Waals surface area contributed by atoms with Gasteiger partial charge in [0.15, 0.2) is 0 Å². The van der Waals surface area contributed by atoms with Gasteiger partial charge in [0, 0.05) is 43.9 Å². The molecule has 0 aliphatic carbocycles. The molecule has 0 atom stereocenters. The molecule has 0 spiro atoms. The van der Waals surface area contributed by atoms with Crippen LogP contribution in [0.5, 0.6) is 0 Å². The van der Waals surface area contributed by atoms with Crippen molar-refractivity contribution in [3.8, 4) is 11.1 Å². The largest absolute Gasteiger partial charge is 0.380 e. The third-order valence-electron chi connectivity index (χ3n) is 5.33. The zero-order valence-electron chi connectivity index (χ0n) is 16.3. The van der Waals surface area contributed by atoms with E-state index in [-0.39, 0.29) is 0 Å². The van der Waals surface area contributed by atoms with Crippen molar-refractivity contribution >= 4 is 17.0 Å². The average molecular weight is 399 g/mol. The van der Waals surface area contributed by atoms with Crippen LogP contribution in [0.25, 0.3) is 16.8 Å². The third-order valence-corrected chi connectivity index (χ3v) is 6.13. The maximum Gasteiger partial charge on any atom is 0.0798 e. The Morgan fingerprint density at radius 2 is 2.03 bits per heavy atom. The molecule has 3 aromatic rings. The monoisotopic (exact) mass is 398 g/mol. The van der Waals surface area contributed by atoms with Gasteiger partial charge in [-0.2, -0.15) is 0 Å². The van der Waals surface area contributed by atoms with Crippen LogP contribution in [0.3, 0.4) is 0 Å². The van der Waals surface area contributed by atoms with Crippen molar-refractivity contribution in [3.63, 3.8) is 0 Å². The highest BCUT2D eigenvalue weighted by Crippen LogP contribution is 2.27. The second-order valence-electron chi connectivity index (χ2n) is 7.44. The summed E-state index contributed by atoms with van der Waals surface area (Å²) in [5, 5.41) is 3.54. The van der Waals surface area contributed by atoms with Crippen molar-refractivity contribution in [3.05, 3.63) is 99.9 Å². The van der Waals surface area contributed by atoms with Crippen molar-refractivity contribution in [1.29, 1.82) is 0 Å². The van der Waals surface area contributed by atoms with Crippen molar-refractivity contribution in [2.75, 3.05) is 13.1 Å². The molecule has 0 saturated heterocycles. The van der Waals surface area contributed by atoms with Crippen LogP contribution >= 0.6 is 11.3 Å². The number of hydrogen-bond donors (Lipinski definition) is 1. The maximum atomic E-state index is 4.28. The molecule has 29 heavy (non-hydrogen) atoms.